The number of halogens is 2. The minimum Gasteiger partial charge on any atom is -0.474 e. The van der Waals surface area contributed by atoms with E-state index in [-0.39, 0.29) is 11.7 Å². The van der Waals surface area contributed by atoms with Gasteiger partial charge < -0.3 is 14.8 Å². The molecule has 1 aliphatic rings. The number of hydrogen-bond donors (Lipinski definition) is 1. The highest BCUT2D eigenvalue weighted by molar-refractivity contribution is 5.86. The fourth-order valence-electron chi connectivity index (χ4n) is 3.37. The van der Waals surface area contributed by atoms with Gasteiger partial charge >= 0.3 is 0 Å². The SMILES string of the molecule is CC1(C)CNC[C@@H](COc2nc(-c3cnn(CC(F)F)c3)cc3ncccc23)O1. The topological polar surface area (TPSA) is 74.1 Å². The van der Waals surface area contributed by atoms with Crippen molar-refractivity contribution in [2.75, 3.05) is 19.7 Å². The summed E-state index contributed by atoms with van der Waals surface area (Å²) in [4.78, 5) is 9.00. The summed E-state index contributed by atoms with van der Waals surface area (Å²) >= 11 is 0. The molecule has 154 valence electrons. The second-order valence-corrected chi connectivity index (χ2v) is 7.67. The molecular formula is C20H23F2N5O2. The summed E-state index contributed by atoms with van der Waals surface area (Å²) in [5.74, 6) is 0.430. The number of rotatable bonds is 6. The summed E-state index contributed by atoms with van der Waals surface area (Å²) in [5.41, 5.74) is 1.64. The van der Waals surface area contributed by atoms with E-state index in [0.29, 0.717) is 35.8 Å². The first-order chi connectivity index (χ1) is 13.9. The Kier molecular flexibility index (Phi) is 5.42. The minimum atomic E-state index is -2.47. The second-order valence-electron chi connectivity index (χ2n) is 7.67. The molecule has 1 saturated heterocycles. The summed E-state index contributed by atoms with van der Waals surface area (Å²) in [7, 11) is 0. The van der Waals surface area contributed by atoms with Gasteiger partial charge in [-0.05, 0) is 32.0 Å². The zero-order valence-corrected chi connectivity index (χ0v) is 16.3. The number of nitrogens with one attached hydrogen (secondary N) is 1. The average molecular weight is 403 g/mol. The van der Waals surface area contributed by atoms with Crippen LogP contribution in [-0.4, -0.2) is 57.6 Å². The molecule has 0 radical (unpaired) electrons. The second kappa shape index (κ2) is 8.00. The van der Waals surface area contributed by atoms with Crippen LogP contribution in [0.1, 0.15) is 13.8 Å². The molecule has 7 nitrogen and oxygen atoms in total. The summed E-state index contributed by atoms with van der Waals surface area (Å²) in [6, 6.07) is 5.51. The summed E-state index contributed by atoms with van der Waals surface area (Å²) in [6.07, 6.45) is 2.17. The van der Waals surface area contributed by atoms with Crippen LogP contribution in [0.5, 0.6) is 5.88 Å². The van der Waals surface area contributed by atoms with Crippen LogP contribution in [0.2, 0.25) is 0 Å². The predicted molar refractivity (Wildman–Crippen MR) is 104 cm³/mol. The van der Waals surface area contributed by atoms with Crippen molar-refractivity contribution in [2.24, 2.45) is 0 Å². The lowest BCUT2D eigenvalue weighted by Crippen LogP contribution is -2.52. The van der Waals surface area contributed by atoms with E-state index in [1.54, 1.807) is 18.5 Å². The van der Waals surface area contributed by atoms with Crippen LogP contribution >= 0.6 is 0 Å². The third kappa shape index (κ3) is 4.68. The normalized spacial score (nSPS) is 19.0. The van der Waals surface area contributed by atoms with Gasteiger partial charge in [-0.3, -0.25) is 9.67 Å². The first-order valence-corrected chi connectivity index (χ1v) is 9.48. The van der Waals surface area contributed by atoms with E-state index in [0.717, 1.165) is 11.9 Å². The van der Waals surface area contributed by atoms with Crippen molar-refractivity contribution in [3.8, 4) is 17.1 Å². The molecule has 0 aromatic carbocycles. The van der Waals surface area contributed by atoms with Gasteiger partial charge in [-0.25, -0.2) is 13.8 Å². The first-order valence-electron chi connectivity index (χ1n) is 9.48. The van der Waals surface area contributed by atoms with E-state index < -0.39 is 13.0 Å². The molecule has 4 heterocycles. The number of morpholine rings is 1. The van der Waals surface area contributed by atoms with Gasteiger partial charge in [-0.15, -0.1) is 0 Å². The Bertz CT molecular complexity index is 992. The highest BCUT2D eigenvalue weighted by Crippen LogP contribution is 2.28. The summed E-state index contributed by atoms with van der Waals surface area (Å²) < 4.78 is 38.5. The molecule has 4 rings (SSSR count). The van der Waals surface area contributed by atoms with Gasteiger partial charge in [0.2, 0.25) is 5.88 Å². The molecule has 0 saturated carbocycles. The monoisotopic (exact) mass is 403 g/mol. The molecular weight excluding hydrogens is 380 g/mol. The van der Waals surface area contributed by atoms with Crippen LogP contribution < -0.4 is 10.1 Å². The van der Waals surface area contributed by atoms with Crippen molar-refractivity contribution < 1.29 is 18.3 Å². The van der Waals surface area contributed by atoms with E-state index in [1.165, 1.54) is 10.9 Å². The van der Waals surface area contributed by atoms with Crippen LogP contribution in [0.3, 0.4) is 0 Å². The Morgan fingerprint density at radius 3 is 3.07 bits per heavy atom. The van der Waals surface area contributed by atoms with E-state index in [1.807, 2.05) is 26.0 Å². The number of aromatic nitrogens is 4. The third-order valence-corrected chi connectivity index (χ3v) is 4.63. The van der Waals surface area contributed by atoms with Crippen molar-refractivity contribution in [3.05, 3.63) is 36.8 Å². The largest absolute Gasteiger partial charge is 0.474 e. The standard InChI is InChI=1S/C20H23F2N5O2/c1-20(2)12-23-8-14(29-20)11-28-19-15-4-3-5-24-17(15)6-16(26-19)13-7-25-27(9-13)10-18(21)22/h3-7,9,14,18,23H,8,10-12H2,1-2H3/t14-/m0/s1. The fraction of sp³-hybridized carbons (Fsp3) is 0.450. The Balaban J connectivity index is 1.60. The average Bonchev–Trinajstić information content (AvgIpc) is 3.13. The molecule has 1 fully saturated rings. The van der Waals surface area contributed by atoms with Gasteiger partial charge in [0.15, 0.2) is 0 Å². The maximum atomic E-state index is 12.6. The predicted octanol–water partition coefficient (Wildman–Crippen LogP) is 2.90. The maximum Gasteiger partial charge on any atom is 0.257 e. The quantitative estimate of drug-likeness (QED) is 0.682. The molecule has 0 amide bonds. The number of alkyl halides is 2. The van der Waals surface area contributed by atoms with Crippen molar-refractivity contribution >= 4 is 10.9 Å². The Morgan fingerprint density at radius 2 is 2.28 bits per heavy atom. The zero-order chi connectivity index (χ0) is 20.4. The summed E-state index contributed by atoms with van der Waals surface area (Å²) in [5, 5.41) is 8.11. The highest BCUT2D eigenvalue weighted by atomic mass is 19.3. The minimum absolute atomic E-state index is 0.107. The molecule has 3 aromatic rings. The molecule has 0 aliphatic carbocycles. The van der Waals surface area contributed by atoms with Crippen molar-refractivity contribution in [1.29, 1.82) is 0 Å². The van der Waals surface area contributed by atoms with E-state index >= 15 is 0 Å². The van der Waals surface area contributed by atoms with Crippen molar-refractivity contribution in [3.63, 3.8) is 0 Å². The molecule has 3 aromatic heterocycles. The van der Waals surface area contributed by atoms with Crippen molar-refractivity contribution in [1.82, 2.24) is 25.1 Å². The number of pyridine rings is 2. The smallest absolute Gasteiger partial charge is 0.257 e. The number of nitrogens with zero attached hydrogens (tertiary/aromatic N) is 4. The Labute approximate surface area is 167 Å². The lowest BCUT2D eigenvalue weighted by atomic mass is 10.1. The number of fused-ring (bicyclic) bond motifs is 1. The molecule has 0 unspecified atom stereocenters. The molecule has 1 atom stereocenters. The molecule has 9 heteroatoms. The third-order valence-electron chi connectivity index (χ3n) is 4.63. The van der Waals surface area contributed by atoms with Gasteiger partial charge in [0.1, 0.15) is 19.3 Å². The number of ether oxygens (including phenoxy) is 2. The van der Waals surface area contributed by atoms with Gasteiger partial charge in [0, 0.05) is 31.0 Å². The Hall–Kier alpha value is -2.65. The van der Waals surface area contributed by atoms with Crippen LogP contribution in [0.15, 0.2) is 36.8 Å². The van der Waals surface area contributed by atoms with Crippen LogP contribution in [-0.2, 0) is 11.3 Å². The highest BCUT2D eigenvalue weighted by Gasteiger charge is 2.29. The first kappa shape index (κ1) is 19.7. The Morgan fingerprint density at radius 1 is 1.41 bits per heavy atom. The number of hydrogen-bond acceptors (Lipinski definition) is 6. The van der Waals surface area contributed by atoms with Gasteiger partial charge in [-0.2, -0.15) is 5.10 Å². The van der Waals surface area contributed by atoms with Gasteiger partial charge in [0.25, 0.3) is 6.43 Å². The summed E-state index contributed by atoms with van der Waals surface area (Å²) in [6.45, 7) is 5.41. The molecule has 1 aliphatic heterocycles. The van der Waals surface area contributed by atoms with Crippen LogP contribution in [0.25, 0.3) is 22.2 Å². The van der Waals surface area contributed by atoms with E-state index in [2.05, 4.69) is 20.4 Å². The van der Waals surface area contributed by atoms with Gasteiger partial charge in [-0.1, -0.05) is 0 Å². The van der Waals surface area contributed by atoms with Gasteiger partial charge in [0.05, 0.1) is 28.4 Å². The van der Waals surface area contributed by atoms with Crippen molar-refractivity contribution in [2.45, 2.75) is 38.5 Å². The molecule has 29 heavy (non-hydrogen) atoms. The fourth-order valence-corrected chi connectivity index (χ4v) is 3.37. The molecule has 0 bridgehead atoms. The lowest BCUT2D eigenvalue weighted by Gasteiger charge is -2.36. The van der Waals surface area contributed by atoms with E-state index in [9.17, 15) is 8.78 Å². The lowest BCUT2D eigenvalue weighted by molar-refractivity contribution is -0.107. The van der Waals surface area contributed by atoms with Crippen LogP contribution in [0, 0.1) is 0 Å². The maximum absolute atomic E-state index is 12.6. The van der Waals surface area contributed by atoms with E-state index in [4.69, 9.17) is 9.47 Å². The zero-order valence-electron chi connectivity index (χ0n) is 16.3. The molecule has 0 spiro atoms. The molecule has 1 N–H and O–H groups in total. The van der Waals surface area contributed by atoms with Crippen LogP contribution in [0.4, 0.5) is 8.78 Å².